The molecule has 1 N–H and O–H groups in total. The molecule has 0 radical (unpaired) electrons. The van der Waals surface area contributed by atoms with Gasteiger partial charge < -0.3 is 5.11 Å². The molecule has 0 aliphatic heterocycles. The first-order valence-corrected chi connectivity index (χ1v) is 4.06. The predicted octanol–water partition coefficient (Wildman–Crippen LogP) is 0.406. The van der Waals surface area contributed by atoms with Crippen LogP contribution in [0.15, 0.2) is 11.6 Å². The van der Waals surface area contributed by atoms with E-state index < -0.39 is 12.0 Å². The van der Waals surface area contributed by atoms with E-state index in [4.69, 9.17) is 5.26 Å². The van der Waals surface area contributed by atoms with Gasteiger partial charge in [-0.25, -0.2) is 0 Å². The summed E-state index contributed by atoms with van der Waals surface area (Å²) in [6.07, 6.45) is 2.53. The van der Waals surface area contributed by atoms with E-state index in [2.05, 4.69) is 0 Å². The molecule has 2 aliphatic rings. The lowest BCUT2D eigenvalue weighted by molar-refractivity contribution is -0.117. The van der Waals surface area contributed by atoms with Crippen molar-refractivity contribution >= 4 is 5.78 Å². The van der Waals surface area contributed by atoms with Crippen molar-refractivity contribution < 1.29 is 9.90 Å². The summed E-state index contributed by atoms with van der Waals surface area (Å²) in [5, 5.41) is 18.2. The number of nitrogens with zero attached hydrogens (tertiary/aromatic N) is 1. The number of hydrogen-bond acceptors (Lipinski definition) is 3. The molecule has 0 saturated heterocycles. The van der Waals surface area contributed by atoms with Gasteiger partial charge in [0, 0.05) is 5.92 Å². The first-order chi connectivity index (χ1) is 5.74. The number of aliphatic hydroxyl groups is 1. The molecule has 0 aromatic carbocycles. The molecule has 1 fully saturated rings. The van der Waals surface area contributed by atoms with Gasteiger partial charge in [-0.2, -0.15) is 5.26 Å². The highest BCUT2D eigenvalue weighted by molar-refractivity contribution is 5.97. The Labute approximate surface area is 70.3 Å². The van der Waals surface area contributed by atoms with E-state index in [1.165, 1.54) is 6.08 Å². The number of rotatable bonds is 0. The molecule has 3 unspecified atom stereocenters. The van der Waals surface area contributed by atoms with Crippen molar-refractivity contribution in [2.24, 2.45) is 11.8 Å². The van der Waals surface area contributed by atoms with Crippen LogP contribution >= 0.6 is 0 Å². The largest absolute Gasteiger partial charge is 0.392 e. The van der Waals surface area contributed by atoms with Crippen LogP contribution in [-0.4, -0.2) is 17.0 Å². The van der Waals surface area contributed by atoms with Crippen molar-refractivity contribution in [3.8, 4) is 6.07 Å². The molecule has 0 bridgehead atoms. The predicted molar refractivity (Wildman–Crippen MR) is 40.9 cm³/mol. The maximum Gasteiger partial charge on any atom is 0.173 e. The van der Waals surface area contributed by atoms with Crippen LogP contribution in [0, 0.1) is 23.2 Å². The third-order valence-electron chi connectivity index (χ3n) is 2.70. The summed E-state index contributed by atoms with van der Waals surface area (Å²) >= 11 is 0. The number of allylic oxidation sites excluding steroid dienone is 1. The Balaban J connectivity index is 2.34. The number of carbonyl (C=O) groups is 1. The highest BCUT2D eigenvalue weighted by Crippen LogP contribution is 2.41. The van der Waals surface area contributed by atoms with Crippen molar-refractivity contribution in [1.29, 1.82) is 5.26 Å². The maximum atomic E-state index is 11.2. The summed E-state index contributed by atoms with van der Waals surface area (Å²) in [7, 11) is 0. The summed E-state index contributed by atoms with van der Waals surface area (Å²) in [5.74, 6) is -0.934. The molecule has 0 aromatic heterocycles. The molecule has 0 aromatic rings. The van der Waals surface area contributed by atoms with Gasteiger partial charge in [0.15, 0.2) is 5.78 Å². The quantitative estimate of drug-likeness (QED) is 0.562. The fraction of sp³-hybridized carbons (Fsp3) is 0.556. The average Bonchev–Trinajstić information content (AvgIpc) is 2.52. The molecule has 3 atom stereocenters. The molecule has 3 nitrogen and oxygen atoms in total. The summed E-state index contributed by atoms with van der Waals surface area (Å²) < 4.78 is 0. The van der Waals surface area contributed by atoms with Gasteiger partial charge in [-0.1, -0.05) is 5.57 Å². The minimum Gasteiger partial charge on any atom is -0.392 e. The minimum atomic E-state index is -0.613. The van der Waals surface area contributed by atoms with Gasteiger partial charge >= 0.3 is 0 Å². The number of hydrogen-bond donors (Lipinski definition) is 1. The molecular weight excluding hydrogens is 154 g/mol. The fourth-order valence-electron chi connectivity index (χ4n) is 2.11. The minimum absolute atomic E-state index is 0.128. The SMILES string of the molecule is N#CC1C(=O)C=C2CCC(O)C21. The van der Waals surface area contributed by atoms with E-state index in [9.17, 15) is 9.90 Å². The highest BCUT2D eigenvalue weighted by Gasteiger charge is 2.43. The van der Waals surface area contributed by atoms with Crippen molar-refractivity contribution in [3.63, 3.8) is 0 Å². The molecule has 62 valence electrons. The van der Waals surface area contributed by atoms with Crippen LogP contribution in [0.25, 0.3) is 0 Å². The zero-order valence-electron chi connectivity index (χ0n) is 6.53. The maximum absolute atomic E-state index is 11.2. The van der Waals surface area contributed by atoms with Crippen molar-refractivity contribution in [2.75, 3.05) is 0 Å². The lowest BCUT2D eigenvalue weighted by atomic mass is 9.92. The van der Waals surface area contributed by atoms with Gasteiger partial charge in [-0.05, 0) is 18.9 Å². The first kappa shape index (κ1) is 7.51. The Morgan fingerprint density at radius 3 is 3.08 bits per heavy atom. The van der Waals surface area contributed by atoms with Gasteiger partial charge in [0.2, 0.25) is 0 Å². The summed E-state index contributed by atoms with van der Waals surface area (Å²) in [5.41, 5.74) is 0.971. The van der Waals surface area contributed by atoms with Gasteiger partial charge in [0.1, 0.15) is 5.92 Å². The van der Waals surface area contributed by atoms with Crippen LogP contribution < -0.4 is 0 Å². The Hall–Kier alpha value is -1.14. The van der Waals surface area contributed by atoms with Crippen molar-refractivity contribution in [2.45, 2.75) is 18.9 Å². The lowest BCUT2D eigenvalue weighted by Gasteiger charge is -2.13. The molecule has 0 heterocycles. The Bertz CT molecular complexity index is 300. The zero-order valence-corrected chi connectivity index (χ0v) is 6.53. The number of nitriles is 1. The smallest absolute Gasteiger partial charge is 0.173 e. The average molecular weight is 163 g/mol. The highest BCUT2D eigenvalue weighted by atomic mass is 16.3. The topological polar surface area (TPSA) is 61.1 Å². The summed E-state index contributed by atoms with van der Waals surface area (Å²) in [6, 6.07) is 1.95. The van der Waals surface area contributed by atoms with Crippen molar-refractivity contribution in [3.05, 3.63) is 11.6 Å². The Morgan fingerprint density at radius 1 is 1.67 bits per heavy atom. The molecule has 3 heteroatoms. The van der Waals surface area contributed by atoms with E-state index in [-0.39, 0.29) is 11.7 Å². The second-order valence-electron chi connectivity index (χ2n) is 3.36. The van der Waals surface area contributed by atoms with Gasteiger partial charge in [-0.3, -0.25) is 4.79 Å². The standard InChI is InChI=1S/C9H9NO2/c10-4-6-8(12)3-5-1-2-7(11)9(5)6/h3,6-7,9,11H,1-2H2. The van der Waals surface area contributed by atoms with E-state index in [1.54, 1.807) is 0 Å². The number of carbonyl (C=O) groups excluding carboxylic acids is 1. The Kier molecular flexibility index (Phi) is 1.52. The molecular formula is C9H9NO2. The zero-order chi connectivity index (χ0) is 8.72. The van der Waals surface area contributed by atoms with Gasteiger partial charge in [-0.15, -0.1) is 0 Å². The third-order valence-corrected chi connectivity index (χ3v) is 2.70. The Morgan fingerprint density at radius 2 is 2.42 bits per heavy atom. The summed E-state index contributed by atoms with van der Waals surface area (Å²) in [6.45, 7) is 0. The normalized spacial score (nSPS) is 39.2. The number of fused-ring (bicyclic) bond motifs is 1. The lowest BCUT2D eigenvalue weighted by Crippen LogP contribution is -2.23. The second kappa shape index (κ2) is 2.43. The first-order valence-electron chi connectivity index (χ1n) is 4.06. The van der Waals surface area contributed by atoms with Crippen molar-refractivity contribution in [1.82, 2.24) is 0 Å². The molecule has 12 heavy (non-hydrogen) atoms. The van der Waals surface area contributed by atoms with Crippen LogP contribution in [-0.2, 0) is 4.79 Å². The van der Waals surface area contributed by atoms with Gasteiger partial charge in [0.25, 0.3) is 0 Å². The fourth-order valence-corrected chi connectivity index (χ4v) is 2.11. The second-order valence-corrected chi connectivity index (χ2v) is 3.36. The van der Waals surface area contributed by atoms with E-state index in [0.717, 1.165) is 12.0 Å². The number of aliphatic hydroxyl groups excluding tert-OH is 1. The molecule has 0 amide bonds. The molecule has 2 aliphatic carbocycles. The van der Waals surface area contributed by atoms with E-state index in [1.807, 2.05) is 6.07 Å². The number of ketones is 1. The molecule has 2 rings (SSSR count). The van der Waals surface area contributed by atoms with Crippen LogP contribution in [0.3, 0.4) is 0 Å². The molecule has 0 spiro atoms. The van der Waals surface area contributed by atoms with E-state index >= 15 is 0 Å². The monoisotopic (exact) mass is 163 g/mol. The van der Waals surface area contributed by atoms with Crippen LogP contribution in [0.5, 0.6) is 0 Å². The molecule has 1 saturated carbocycles. The van der Waals surface area contributed by atoms with Crippen LogP contribution in [0.4, 0.5) is 0 Å². The van der Waals surface area contributed by atoms with Crippen LogP contribution in [0.1, 0.15) is 12.8 Å². The van der Waals surface area contributed by atoms with Crippen LogP contribution in [0.2, 0.25) is 0 Å². The van der Waals surface area contributed by atoms with Gasteiger partial charge in [0.05, 0.1) is 12.2 Å². The summed E-state index contributed by atoms with van der Waals surface area (Å²) in [4.78, 5) is 11.2. The van der Waals surface area contributed by atoms with E-state index in [0.29, 0.717) is 6.42 Å². The third kappa shape index (κ3) is 0.819.